The lowest BCUT2D eigenvalue weighted by atomic mass is 10.0. The number of aryl methyl sites for hydroxylation is 1. The van der Waals surface area contributed by atoms with Crippen LogP contribution < -0.4 is 5.32 Å². The first-order valence-electron chi connectivity index (χ1n) is 13.0. The zero-order valence-corrected chi connectivity index (χ0v) is 23.4. The lowest BCUT2D eigenvalue weighted by molar-refractivity contribution is -0.141. The van der Waals surface area contributed by atoms with Gasteiger partial charge in [0.25, 0.3) is 0 Å². The summed E-state index contributed by atoms with van der Waals surface area (Å²) in [5.74, 6) is 0.733. The minimum atomic E-state index is -0.573. The van der Waals surface area contributed by atoms with Gasteiger partial charge < -0.3 is 10.2 Å². The number of amides is 2. The van der Waals surface area contributed by atoms with Crippen molar-refractivity contribution in [2.24, 2.45) is 0 Å². The van der Waals surface area contributed by atoms with Crippen LogP contribution in [0.3, 0.4) is 0 Å². The number of nitrogens with zero attached hydrogens (tertiary/aromatic N) is 1. The average Bonchev–Trinajstić information content (AvgIpc) is 2.90. The van der Waals surface area contributed by atoms with E-state index in [4.69, 9.17) is 11.6 Å². The molecular weight excluding hydrogens is 500 g/mol. The molecule has 0 heterocycles. The minimum Gasteiger partial charge on any atom is -0.354 e. The van der Waals surface area contributed by atoms with E-state index in [0.717, 1.165) is 46.6 Å². The minimum absolute atomic E-state index is 0.00443. The van der Waals surface area contributed by atoms with E-state index in [9.17, 15) is 9.59 Å². The highest BCUT2D eigenvalue weighted by Crippen LogP contribution is 2.22. The Morgan fingerprint density at radius 2 is 1.68 bits per heavy atom. The SMILES string of the molecule is CCCCNC(=O)C(Cc1ccccc1)N(Cc1cccc(C)c1)C(=O)CCCSc1ccc(Cl)cc1. The van der Waals surface area contributed by atoms with Crippen molar-refractivity contribution in [2.45, 2.75) is 63.4 Å². The van der Waals surface area contributed by atoms with E-state index in [1.165, 1.54) is 0 Å². The lowest BCUT2D eigenvalue weighted by Gasteiger charge is -2.32. The molecule has 0 radical (unpaired) electrons. The molecule has 3 aromatic rings. The molecule has 3 rings (SSSR count). The van der Waals surface area contributed by atoms with Gasteiger partial charge in [-0.25, -0.2) is 0 Å². The van der Waals surface area contributed by atoms with Crippen LogP contribution in [0.1, 0.15) is 49.3 Å². The van der Waals surface area contributed by atoms with Crippen LogP contribution in [-0.2, 0) is 22.6 Å². The van der Waals surface area contributed by atoms with Gasteiger partial charge in [0.2, 0.25) is 11.8 Å². The van der Waals surface area contributed by atoms with Crippen LogP contribution in [0.4, 0.5) is 0 Å². The van der Waals surface area contributed by atoms with E-state index in [1.807, 2.05) is 79.7 Å². The molecule has 1 unspecified atom stereocenters. The molecule has 6 heteroatoms. The predicted molar refractivity (Wildman–Crippen MR) is 155 cm³/mol. The van der Waals surface area contributed by atoms with Gasteiger partial charge in [0.15, 0.2) is 0 Å². The van der Waals surface area contributed by atoms with Gasteiger partial charge in [-0.05, 0) is 60.9 Å². The largest absolute Gasteiger partial charge is 0.354 e. The molecule has 37 heavy (non-hydrogen) atoms. The first-order valence-corrected chi connectivity index (χ1v) is 14.4. The number of nitrogens with one attached hydrogen (secondary N) is 1. The van der Waals surface area contributed by atoms with Gasteiger partial charge in [-0.2, -0.15) is 0 Å². The summed E-state index contributed by atoms with van der Waals surface area (Å²) < 4.78 is 0. The summed E-state index contributed by atoms with van der Waals surface area (Å²) in [4.78, 5) is 30.0. The number of hydrogen-bond acceptors (Lipinski definition) is 3. The Labute approximate surface area is 230 Å². The Balaban J connectivity index is 1.77. The standard InChI is InChI=1S/C31H37ClN2O2S/c1-3-4-19-33-31(36)29(22-25-11-6-5-7-12-25)34(23-26-13-8-10-24(2)21-26)30(35)14-9-20-37-28-17-15-27(32)16-18-28/h5-8,10-13,15-18,21,29H,3-4,9,14,19-20,22-23H2,1-2H3,(H,33,36). The highest BCUT2D eigenvalue weighted by atomic mass is 35.5. The Morgan fingerprint density at radius 1 is 0.946 bits per heavy atom. The normalized spacial score (nSPS) is 11.6. The van der Waals surface area contributed by atoms with E-state index >= 15 is 0 Å². The van der Waals surface area contributed by atoms with E-state index in [0.29, 0.717) is 31.0 Å². The number of carbonyl (C=O) groups excluding carboxylic acids is 2. The van der Waals surface area contributed by atoms with E-state index in [-0.39, 0.29) is 11.8 Å². The van der Waals surface area contributed by atoms with Crippen molar-refractivity contribution in [1.29, 1.82) is 0 Å². The summed E-state index contributed by atoms with van der Waals surface area (Å²) in [6.45, 7) is 5.17. The summed E-state index contributed by atoms with van der Waals surface area (Å²) in [5, 5.41) is 3.80. The van der Waals surface area contributed by atoms with Crippen molar-refractivity contribution in [1.82, 2.24) is 10.2 Å². The number of hydrogen-bond donors (Lipinski definition) is 1. The maximum atomic E-state index is 13.7. The average molecular weight is 537 g/mol. The topological polar surface area (TPSA) is 49.4 Å². The van der Waals surface area contributed by atoms with Gasteiger partial charge in [0.1, 0.15) is 6.04 Å². The fourth-order valence-electron chi connectivity index (χ4n) is 4.16. The first-order chi connectivity index (χ1) is 18.0. The second-order valence-electron chi connectivity index (χ2n) is 9.27. The Morgan fingerprint density at radius 3 is 2.38 bits per heavy atom. The van der Waals surface area contributed by atoms with Crippen LogP contribution in [0.5, 0.6) is 0 Å². The Kier molecular flexibility index (Phi) is 12.1. The summed E-state index contributed by atoms with van der Waals surface area (Å²) in [5.41, 5.74) is 3.21. The molecule has 0 aliphatic heterocycles. The highest BCUT2D eigenvalue weighted by molar-refractivity contribution is 7.99. The van der Waals surface area contributed by atoms with E-state index in [1.54, 1.807) is 16.7 Å². The van der Waals surface area contributed by atoms with Crippen molar-refractivity contribution < 1.29 is 9.59 Å². The molecule has 0 bridgehead atoms. The van der Waals surface area contributed by atoms with Crippen molar-refractivity contribution in [3.63, 3.8) is 0 Å². The molecule has 0 spiro atoms. The van der Waals surface area contributed by atoms with Gasteiger partial charge in [-0.1, -0.05) is 85.1 Å². The highest BCUT2D eigenvalue weighted by Gasteiger charge is 2.30. The van der Waals surface area contributed by atoms with Crippen LogP contribution in [0.2, 0.25) is 5.02 Å². The predicted octanol–water partition coefficient (Wildman–Crippen LogP) is 7.08. The Hall–Kier alpha value is -2.76. The molecule has 4 nitrogen and oxygen atoms in total. The number of carbonyl (C=O) groups is 2. The van der Waals surface area contributed by atoms with Gasteiger partial charge in [0.05, 0.1) is 0 Å². The van der Waals surface area contributed by atoms with Crippen molar-refractivity contribution in [2.75, 3.05) is 12.3 Å². The monoisotopic (exact) mass is 536 g/mol. The van der Waals surface area contributed by atoms with Crippen LogP contribution >= 0.6 is 23.4 Å². The van der Waals surface area contributed by atoms with Crippen LogP contribution in [0.15, 0.2) is 83.8 Å². The molecule has 0 fully saturated rings. The fraction of sp³-hybridized carbons (Fsp3) is 0.355. The van der Waals surface area contributed by atoms with E-state index < -0.39 is 6.04 Å². The molecule has 0 aromatic heterocycles. The van der Waals surface area contributed by atoms with Crippen LogP contribution in [0, 0.1) is 6.92 Å². The number of halogens is 1. The summed E-state index contributed by atoms with van der Waals surface area (Å²) in [6, 6.07) is 25.3. The van der Waals surface area contributed by atoms with Crippen molar-refractivity contribution in [3.05, 3.63) is 101 Å². The zero-order valence-electron chi connectivity index (χ0n) is 21.8. The molecular formula is C31H37ClN2O2S. The third kappa shape index (κ3) is 9.90. The molecule has 3 aromatic carbocycles. The second-order valence-corrected chi connectivity index (χ2v) is 10.9. The molecule has 1 atom stereocenters. The van der Waals surface area contributed by atoms with Crippen LogP contribution in [0.25, 0.3) is 0 Å². The molecule has 1 N–H and O–H groups in total. The smallest absolute Gasteiger partial charge is 0.243 e. The van der Waals surface area contributed by atoms with E-state index in [2.05, 4.69) is 18.3 Å². The van der Waals surface area contributed by atoms with Gasteiger partial charge in [-0.3, -0.25) is 9.59 Å². The quantitative estimate of drug-likeness (QED) is 0.177. The third-order valence-electron chi connectivity index (χ3n) is 6.15. The van der Waals surface area contributed by atoms with Gasteiger partial charge >= 0.3 is 0 Å². The van der Waals surface area contributed by atoms with Crippen molar-refractivity contribution >= 4 is 35.2 Å². The van der Waals surface area contributed by atoms with Crippen molar-refractivity contribution in [3.8, 4) is 0 Å². The van der Waals surface area contributed by atoms with Crippen LogP contribution in [-0.4, -0.2) is 35.1 Å². The molecule has 2 amide bonds. The molecule has 0 aliphatic rings. The molecule has 0 aliphatic carbocycles. The number of rotatable bonds is 14. The summed E-state index contributed by atoms with van der Waals surface area (Å²) >= 11 is 7.70. The molecule has 0 saturated carbocycles. The third-order valence-corrected chi connectivity index (χ3v) is 7.50. The fourth-order valence-corrected chi connectivity index (χ4v) is 5.13. The summed E-state index contributed by atoms with van der Waals surface area (Å²) in [7, 11) is 0. The Bertz CT molecular complexity index is 1120. The number of benzene rings is 3. The van der Waals surface area contributed by atoms with Gasteiger partial charge in [0, 0.05) is 35.8 Å². The number of thioether (sulfide) groups is 1. The van der Waals surface area contributed by atoms with Gasteiger partial charge in [-0.15, -0.1) is 11.8 Å². The lowest BCUT2D eigenvalue weighted by Crippen LogP contribution is -2.50. The number of unbranched alkanes of at least 4 members (excludes halogenated alkanes) is 1. The zero-order chi connectivity index (χ0) is 26.5. The summed E-state index contributed by atoms with van der Waals surface area (Å²) in [6.07, 6.45) is 3.51. The molecule has 196 valence electrons. The second kappa shape index (κ2) is 15.5. The maximum absolute atomic E-state index is 13.7. The first kappa shape index (κ1) is 28.8. The molecule has 0 saturated heterocycles. The maximum Gasteiger partial charge on any atom is 0.243 e.